The summed E-state index contributed by atoms with van der Waals surface area (Å²) in [6.07, 6.45) is 3.85. The summed E-state index contributed by atoms with van der Waals surface area (Å²) in [5.74, 6) is 1.33. The van der Waals surface area contributed by atoms with Crippen molar-refractivity contribution in [2.24, 2.45) is 0 Å². The molecule has 126 valence electrons. The van der Waals surface area contributed by atoms with Gasteiger partial charge >= 0.3 is 0 Å². The van der Waals surface area contributed by atoms with Gasteiger partial charge in [-0.05, 0) is 36.8 Å². The van der Waals surface area contributed by atoms with Gasteiger partial charge in [0.15, 0.2) is 11.6 Å². The van der Waals surface area contributed by atoms with Gasteiger partial charge in [0.25, 0.3) is 0 Å². The number of nitrogens with zero attached hydrogens (tertiary/aromatic N) is 5. The van der Waals surface area contributed by atoms with E-state index in [4.69, 9.17) is 4.74 Å². The first-order valence-corrected chi connectivity index (χ1v) is 7.92. The molecule has 1 unspecified atom stereocenters. The van der Waals surface area contributed by atoms with Crippen LogP contribution in [0.2, 0.25) is 0 Å². The molecular weight excluding hydrogens is 306 g/mol. The minimum atomic E-state index is -0.454. The van der Waals surface area contributed by atoms with Gasteiger partial charge in [-0.3, -0.25) is 0 Å². The molecule has 1 N–H and O–H groups in total. The lowest BCUT2D eigenvalue weighted by atomic mass is 10.2. The standard InChI is InChI=1S/C17H21N5O2/c1-3-15(23)11-22-17(19-16(20-22)12-24-2)13-5-7-14(8-6-13)21-10-4-9-18-21/h4-10,15,23H,3,11-12H2,1-2H3. The van der Waals surface area contributed by atoms with Crippen LogP contribution in [0.25, 0.3) is 17.1 Å². The van der Waals surface area contributed by atoms with Crippen LogP contribution < -0.4 is 0 Å². The van der Waals surface area contributed by atoms with Crippen LogP contribution >= 0.6 is 0 Å². The van der Waals surface area contributed by atoms with Gasteiger partial charge in [0.05, 0.1) is 18.3 Å². The predicted octanol–water partition coefficient (Wildman–Crippen LogP) is 2.05. The second-order valence-electron chi connectivity index (χ2n) is 5.53. The Hall–Kier alpha value is -2.51. The van der Waals surface area contributed by atoms with E-state index in [1.165, 1.54) is 0 Å². The van der Waals surface area contributed by atoms with Crippen LogP contribution in [0.3, 0.4) is 0 Å². The van der Waals surface area contributed by atoms with E-state index < -0.39 is 6.10 Å². The maximum atomic E-state index is 9.96. The molecule has 1 aromatic carbocycles. The topological polar surface area (TPSA) is 78.0 Å². The van der Waals surface area contributed by atoms with Crippen LogP contribution in [0.5, 0.6) is 0 Å². The van der Waals surface area contributed by atoms with Gasteiger partial charge < -0.3 is 9.84 Å². The molecule has 0 fully saturated rings. The maximum absolute atomic E-state index is 9.96. The van der Waals surface area contributed by atoms with Gasteiger partial charge in [0.2, 0.25) is 0 Å². The van der Waals surface area contributed by atoms with Crippen LogP contribution in [0.4, 0.5) is 0 Å². The highest BCUT2D eigenvalue weighted by atomic mass is 16.5. The summed E-state index contributed by atoms with van der Waals surface area (Å²) in [5, 5.41) is 18.6. The van der Waals surface area contributed by atoms with Crippen molar-refractivity contribution in [3.05, 3.63) is 48.5 Å². The summed E-state index contributed by atoms with van der Waals surface area (Å²) >= 11 is 0. The lowest BCUT2D eigenvalue weighted by Crippen LogP contribution is -2.17. The van der Waals surface area contributed by atoms with Crippen molar-refractivity contribution in [3.8, 4) is 17.1 Å². The molecule has 7 heteroatoms. The average molecular weight is 327 g/mol. The Balaban J connectivity index is 1.92. The number of methoxy groups -OCH3 is 1. The molecule has 0 saturated heterocycles. The zero-order valence-electron chi connectivity index (χ0n) is 13.8. The zero-order chi connectivity index (χ0) is 16.9. The van der Waals surface area contributed by atoms with E-state index in [1.54, 1.807) is 22.7 Å². The smallest absolute Gasteiger partial charge is 0.176 e. The van der Waals surface area contributed by atoms with E-state index in [-0.39, 0.29) is 0 Å². The molecule has 0 aliphatic heterocycles. The van der Waals surface area contributed by atoms with Crippen LogP contribution in [0.1, 0.15) is 19.2 Å². The van der Waals surface area contributed by atoms with Crippen molar-refractivity contribution in [1.29, 1.82) is 0 Å². The fourth-order valence-electron chi connectivity index (χ4n) is 2.43. The maximum Gasteiger partial charge on any atom is 0.176 e. The minimum Gasteiger partial charge on any atom is -0.391 e. The van der Waals surface area contributed by atoms with Crippen molar-refractivity contribution in [2.45, 2.75) is 32.6 Å². The Morgan fingerprint density at radius 3 is 2.67 bits per heavy atom. The Labute approximate surface area is 140 Å². The molecule has 0 aliphatic rings. The summed E-state index contributed by atoms with van der Waals surface area (Å²) < 4.78 is 8.66. The summed E-state index contributed by atoms with van der Waals surface area (Å²) in [4.78, 5) is 4.54. The molecule has 1 atom stereocenters. The Morgan fingerprint density at radius 2 is 2.04 bits per heavy atom. The molecule has 0 spiro atoms. The van der Waals surface area contributed by atoms with Crippen molar-refractivity contribution in [2.75, 3.05) is 7.11 Å². The number of hydrogen-bond acceptors (Lipinski definition) is 5. The summed E-state index contributed by atoms with van der Waals surface area (Å²) in [5.41, 5.74) is 1.91. The largest absolute Gasteiger partial charge is 0.391 e. The number of aliphatic hydroxyl groups is 1. The Morgan fingerprint density at radius 1 is 1.25 bits per heavy atom. The van der Waals surface area contributed by atoms with Gasteiger partial charge in [-0.25, -0.2) is 14.3 Å². The second kappa shape index (κ2) is 7.37. The molecule has 3 rings (SSSR count). The van der Waals surface area contributed by atoms with Gasteiger partial charge in [-0.15, -0.1) is 0 Å². The van der Waals surface area contributed by atoms with Crippen LogP contribution in [-0.4, -0.2) is 42.9 Å². The minimum absolute atomic E-state index is 0.341. The molecule has 7 nitrogen and oxygen atoms in total. The molecule has 2 heterocycles. The number of aliphatic hydroxyl groups excluding tert-OH is 1. The molecule has 24 heavy (non-hydrogen) atoms. The number of rotatable bonds is 7. The summed E-state index contributed by atoms with van der Waals surface area (Å²) in [6, 6.07) is 9.80. The second-order valence-corrected chi connectivity index (χ2v) is 5.53. The normalized spacial score (nSPS) is 12.5. The monoisotopic (exact) mass is 327 g/mol. The molecule has 3 aromatic rings. The third kappa shape index (κ3) is 3.52. The molecule has 0 amide bonds. The molecule has 0 bridgehead atoms. The van der Waals surface area contributed by atoms with E-state index >= 15 is 0 Å². The molecular formula is C17H21N5O2. The van der Waals surface area contributed by atoms with E-state index in [9.17, 15) is 5.11 Å². The van der Waals surface area contributed by atoms with Gasteiger partial charge in [0.1, 0.15) is 6.61 Å². The van der Waals surface area contributed by atoms with Gasteiger partial charge in [-0.2, -0.15) is 10.2 Å². The van der Waals surface area contributed by atoms with Crippen molar-refractivity contribution in [1.82, 2.24) is 24.5 Å². The quantitative estimate of drug-likeness (QED) is 0.718. The highest BCUT2D eigenvalue weighted by molar-refractivity contribution is 5.57. The van der Waals surface area contributed by atoms with E-state index in [2.05, 4.69) is 15.2 Å². The number of aromatic nitrogens is 5. The van der Waals surface area contributed by atoms with Crippen LogP contribution in [0.15, 0.2) is 42.7 Å². The third-order valence-electron chi connectivity index (χ3n) is 3.74. The lowest BCUT2D eigenvalue weighted by Gasteiger charge is -2.10. The van der Waals surface area contributed by atoms with E-state index in [1.807, 2.05) is 43.5 Å². The summed E-state index contributed by atoms with van der Waals surface area (Å²) in [6.45, 7) is 2.69. The highest BCUT2D eigenvalue weighted by Crippen LogP contribution is 2.20. The number of ether oxygens (including phenoxy) is 1. The molecule has 0 saturated carbocycles. The van der Waals surface area contributed by atoms with Crippen molar-refractivity contribution in [3.63, 3.8) is 0 Å². The highest BCUT2D eigenvalue weighted by Gasteiger charge is 2.14. The number of hydrogen-bond donors (Lipinski definition) is 1. The van der Waals surface area contributed by atoms with Crippen LogP contribution in [-0.2, 0) is 17.9 Å². The fraction of sp³-hybridized carbons (Fsp3) is 0.353. The Bertz CT molecular complexity index is 765. The Kier molecular flexibility index (Phi) is 5.02. The third-order valence-corrected chi connectivity index (χ3v) is 3.74. The first-order chi connectivity index (χ1) is 11.7. The first-order valence-electron chi connectivity index (χ1n) is 7.92. The van der Waals surface area contributed by atoms with Gasteiger partial charge in [0, 0.05) is 25.1 Å². The fourth-order valence-corrected chi connectivity index (χ4v) is 2.43. The van der Waals surface area contributed by atoms with Crippen molar-refractivity contribution < 1.29 is 9.84 Å². The van der Waals surface area contributed by atoms with Crippen LogP contribution in [0, 0.1) is 0 Å². The van der Waals surface area contributed by atoms with E-state index in [0.29, 0.717) is 25.4 Å². The average Bonchev–Trinajstić information content (AvgIpc) is 3.25. The lowest BCUT2D eigenvalue weighted by molar-refractivity contribution is 0.144. The first kappa shape index (κ1) is 16.4. The van der Waals surface area contributed by atoms with Gasteiger partial charge in [-0.1, -0.05) is 6.92 Å². The SMILES string of the molecule is CCC(O)Cn1nc(COC)nc1-c1ccc(-n2cccn2)cc1. The van der Waals surface area contributed by atoms with E-state index in [0.717, 1.165) is 17.1 Å². The van der Waals surface area contributed by atoms with Crippen molar-refractivity contribution >= 4 is 0 Å². The molecule has 0 radical (unpaired) electrons. The zero-order valence-corrected chi connectivity index (χ0v) is 13.8. The summed E-state index contributed by atoms with van der Waals surface area (Å²) in [7, 11) is 1.61. The number of benzene rings is 1. The molecule has 0 aliphatic carbocycles. The molecule has 2 aromatic heterocycles. The predicted molar refractivity (Wildman–Crippen MR) is 89.6 cm³/mol.